The fraction of sp³-hybridized carbons (Fsp3) is 0.600. The van der Waals surface area contributed by atoms with Crippen LogP contribution in [0.25, 0.3) is 0 Å². The standard InChI is InChI=1S/C15H23N/c1-4-16-12(3)14-10-9-11(2)13-7-5-6-8-15(13)14/h5-8,11-12,14,16H,4,9-10H2,1-3H3. The molecule has 0 heterocycles. The summed E-state index contributed by atoms with van der Waals surface area (Å²) in [6.07, 6.45) is 2.66. The van der Waals surface area contributed by atoms with E-state index in [0.717, 1.165) is 12.5 Å². The first-order chi connectivity index (χ1) is 7.74. The van der Waals surface area contributed by atoms with Gasteiger partial charge in [-0.2, -0.15) is 0 Å². The molecule has 0 aliphatic heterocycles. The molecule has 1 aliphatic carbocycles. The van der Waals surface area contributed by atoms with E-state index in [0.29, 0.717) is 12.0 Å². The van der Waals surface area contributed by atoms with Crippen molar-refractivity contribution in [3.63, 3.8) is 0 Å². The molecule has 1 aromatic carbocycles. The van der Waals surface area contributed by atoms with Gasteiger partial charge in [0.05, 0.1) is 0 Å². The minimum absolute atomic E-state index is 0.596. The van der Waals surface area contributed by atoms with Crippen LogP contribution in [0.3, 0.4) is 0 Å². The third kappa shape index (κ3) is 2.15. The number of benzene rings is 1. The number of hydrogen-bond donors (Lipinski definition) is 1. The fourth-order valence-electron chi connectivity index (χ4n) is 3.02. The lowest BCUT2D eigenvalue weighted by molar-refractivity contribution is 0.403. The van der Waals surface area contributed by atoms with Gasteiger partial charge >= 0.3 is 0 Å². The van der Waals surface area contributed by atoms with Crippen LogP contribution in [0.15, 0.2) is 24.3 Å². The summed E-state index contributed by atoms with van der Waals surface area (Å²) >= 11 is 0. The largest absolute Gasteiger partial charge is 0.314 e. The Balaban J connectivity index is 2.27. The lowest BCUT2D eigenvalue weighted by Crippen LogP contribution is -2.34. The normalized spacial score (nSPS) is 26.2. The van der Waals surface area contributed by atoms with Gasteiger partial charge in [0.25, 0.3) is 0 Å². The molecule has 0 spiro atoms. The predicted molar refractivity (Wildman–Crippen MR) is 70.0 cm³/mol. The molecule has 0 saturated carbocycles. The maximum Gasteiger partial charge on any atom is 0.0107 e. The summed E-state index contributed by atoms with van der Waals surface area (Å²) in [5.41, 5.74) is 3.15. The minimum Gasteiger partial charge on any atom is -0.314 e. The van der Waals surface area contributed by atoms with Crippen LogP contribution in [0.2, 0.25) is 0 Å². The third-order valence-electron chi connectivity index (χ3n) is 3.97. The molecule has 1 heteroatoms. The Bertz CT molecular complexity index is 345. The van der Waals surface area contributed by atoms with Crippen molar-refractivity contribution in [3.05, 3.63) is 35.4 Å². The second-order valence-electron chi connectivity index (χ2n) is 5.06. The predicted octanol–water partition coefficient (Wildman–Crippen LogP) is 3.67. The quantitative estimate of drug-likeness (QED) is 0.814. The van der Waals surface area contributed by atoms with Crippen molar-refractivity contribution in [2.45, 2.75) is 51.5 Å². The van der Waals surface area contributed by atoms with Crippen LogP contribution < -0.4 is 5.32 Å². The van der Waals surface area contributed by atoms with E-state index < -0.39 is 0 Å². The van der Waals surface area contributed by atoms with Crippen molar-refractivity contribution in [3.8, 4) is 0 Å². The van der Waals surface area contributed by atoms with Crippen molar-refractivity contribution in [1.82, 2.24) is 5.32 Å². The Kier molecular flexibility index (Phi) is 3.65. The molecule has 16 heavy (non-hydrogen) atoms. The average molecular weight is 217 g/mol. The first kappa shape index (κ1) is 11.7. The molecule has 0 saturated heterocycles. The van der Waals surface area contributed by atoms with Crippen LogP contribution in [0.1, 0.15) is 56.6 Å². The lowest BCUT2D eigenvalue weighted by atomic mass is 9.75. The van der Waals surface area contributed by atoms with Gasteiger partial charge in [-0.15, -0.1) is 0 Å². The van der Waals surface area contributed by atoms with Crippen LogP contribution in [-0.4, -0.2) is 12.6 Å². The maximum absolute atomic E-state index is 3.57. The average Bonchev–Trinajstić information content (AvgIpc) is 2.30. The Morgan fingerprint density at radius 2 is 1.94 bits per heavy atom. The summed E-state index contributed by atoms with van der Waals surface area (Å²) in [6, 6.07) is 9.59. The molecule has 0 radical (unpaired) electrons. The zero-order valence-corrected chi connectivity index (χ0v) is 10.7. The second kappa shape index (κ2) is 5.01. The molecular weight excluding hydrogens is 194 g/mol. The molecule has 1 nitrogen and oxygen atoms in total. The molecule has 1 aromatic rings. The first-order valence-corrected chi connectivity index (χ1v) is 6.56. The van der Waals surface area contributed by atoms with Gasteiger partial charge in [0.2, 0.25) is 0 Å². The molecule has 88 valence electrons. The van der Waals surface area contributed by atoms with E-state index in [9.17, 15) is 0 Å². The molecule has 3 atom stereocenters. The molecule has 3 unspecified atom stereocenters. The van der Waals surface area contributed by atoms with Crippen molar-refractivity contribution < 1.29 is 0 Å². The van der Waals surface area contributed by atoms with Gasteiger partial charge < -0.3 is 5.32 Å². The highest BCUT2D eigenvalue weighted by Gasteiger charge is 2.27. The van der Waals surface area contributed by atoms with E-state index in [-0.39, 0.29) is 0 Å². The van der Waals surface area contributed by atoms with Gasteiger partial charge in [-0.05, 0) is 49.3 Å². The zero-order chi connectivity index (χ0) is 11.5. The van der Waals surface area contributed by atoms with E-state index in [1.54, 1.807) is 11.1 Å². The molecule has 0 fully saturated rings. The van der Waals surface area contributed by atoms with E-state index in [4.69, 9.17) is 0 Å². The topological polar surface area (TPSA) is 12.0 Å². The lowest BCUT2D eigenvalue weighted by Gasteiger charge is -2.33. The van der Waals surface area contributed by atoms with E-state index in [1.165, 1.54) is 12.8 Å². The van der Waals surface area contributed by atoms with Crippen LogP contribution in [-0.2, 0) is 0 Å². The zero-order valence-electron chi connectivity index (χ0n) is 10.7. The Morgan fingerprint density at radius 1 is 1.25 bits per heavy atom. The number of likely N-dealkylation sites (N-methyl/N-ethyl adjacent to an activating group) is 1. The number of nitrogens with one attached hydrogen (secondary N) is 1. The summed E-state index contributed by atoms with van der Waals surface area (Å²) in [4.78, 5) is 0. The Labute approximate surface area is 99.3 Å². The van der Waals surface area contributed by atoms with Gasteiger partial charge in [0.15, 0.2) is 0 Å². The van der Waals surface area contributed by atoms with Crippen molar-refractivity contribution in [2.24, 2.45) is 0 Å². The molecular formula is C15H23N. The third-order valence-corrected chi connectivity index (χ3v) is 3.97. The van der Waals surface area contributed by atoms with Crippen molar-refractivity contribution in [1.29, 1.82) is 0 Å². The number of rotatable bonds is 3. The Morgan fingerprint density at radius 3 is 2.62 bits per heavy atom. The van der Waals surface area contributed by atoms with Crippen LogP contribution in [0.4, 0.5) is 0 Å². The SMILES string of the molecule is CCNC(C)C1CCC(C)c2ccccc21. The highest BCUT2D eigenvalue weighted by Crippen LogP contribution is 2.39. The highest BCUT2D eigenvalue weighted by molar-refractivity contribution is 5.36. The summed E-state index contributed by atoms with van der Waals surface area (Å²) in [5, 5.41) is 3.57. The fourth-order valence-corrected chi connectivity index (χ4v) is 3.02. The van der Waals surface area contributed by atoms with Gasteiger partial charge in [0, 0.05) is 6.04 Å². The Hall–Kier alpha value is -0.820. The van der Waals surface area contributed by atoms with Crippen LogP contribution >= 0.6 is 0 Å². The van der Waals surface area contributed by atoms with Gasteiger partial charge in [-0.25, -0.2) is 0 Å². The molecule has 0 bridgehead atoms. The van der Waals surface area contributed by atoms with Crippen LogP contribution in [0.5, 0.6) is 0 Å². The van der Waals surface area contributed by atoms with Crippen molar-refractivity contribution in [2.75, 3.05) is 6.54 Å². The van der Waals surface area contributed by atoms with Gasteiger partial charge in [0.1, 0.15) is 0 Å². The van der Waals surface area contributed by atoms with E-state index >= 15 is 0 Å². The first-order valence-electron chi connectivity index (χ1n) is 6.56. The smallest absolute Gasteiger partial charge is 0.0107 e. The molecule has 0 aromatic heterocycles. The van der Waals surface area contributed by atoms with Crippen molar-refractivity contribution >= 4 is 0 Å². The summed E-state index contributed by atoms with van der Waals surface area (Å²) in [5.74, 6) is 1.44. The second-order valence-corrected chi connectivity index (χ2v) is 5.06. The summed E-state index contributed by atoms with van der Waals surface area (Å²) in [6.45, 7) is 7.93. The molecule has 1 aliphatic rings. The highest BCUT2D eigenvalue weighted by atomic mass is 14.9. The number of fused-ring (bicyclic) bond motifs is 1. The summed E-state index contributed by atoms with van der Waals surface area (Å²) in [7, 11) is 0. The monoisotopic (exact) mass is 217 g/mol. The molecule has 1 N–H and O–H groups in total. The summed E-state index contributed by atoms with van der Waals surface area (Å²) < 4.78 is 0. The maximum atomic E-state index is 3.57. The number of hydrogen-bond acceptors (Lipinski definition) is 1. The van der Waals surface area contributed by atoms with Crippen LogP contribution in [0, 0.1) is 0 Å². The van der Waals surface area contributed by atoms with E-state index in [1.807, 2.05) is 0 Å². The van der Waals surface area contributed by atoms with E-state index in [2.05, 4.69) is 50.4 Å². The molecule has 2 rings (SSSR count). The molecule has 0 amide bonds. The van der Waals surface area contributed by atoms with Gasteiger partial charge in [-0.3, -0.25) is 0 Å². The van der Waals surface area contributed by atoms with Gasteiger partial charge in [-0.1, -0.05) is 38.1 Å². The minimum atomic E-state index is 0.596.